The van der Waals surface area contributed by atoms with Gasteiger partial charge in [-0.05, 0) is 26.3 Å². The number of thiophene rings is 1. The van der Waals surface area contributed by atoms with E-state index < -0.39 is 0 Å². The van der Waals surface area contributed by atoms with Crippen LogP contribution in [0, 0.1) is 13.8 Å². The van der Waals surface area contributed by atoms with Crippen LogP contribution in [0.25, 0.3) is 0 Å². The lowest BCUT2D eigenvalue weighted by Crippen LogP contribution is -2.10. The number of carbonyl (C=O) groups excluding carboxylic acids is 1. The number of Topliss-reactive ketones (excluding diaryl/α,β-unsaturated/α-hetero) is 1. The van der Waals surface area contributed by atoms with Crippen LogP contribution in [0.1, 0.15) is 65.6 Å². The molecule has 0 N–H and O–H groups in total. The number of carbonyl (C=O) groups is 1. The van der Waals surface area contributed by atoms with Crippen LogP contribution in [-0.4, -0.2) is 19.0 Å². The molecule has 0 aliphatic carbocycles. The standard InChI is InChI=1S/C16H26O2S/c1-4-5-6-7-8-9-10-18-12-16(17)15-11-13(2)19-14(15)3/h11H,4-10,12H2,1-3H3. The SMILES string of the molecule is CCCCCCCCOCC(=O)c1cc(C)sc1C. The van der Waals surface area contributed by atoms with E-state index in [1.54, 1.807) is 11.3 Å². The predicted molar refractivity (Wildman–Crippen MR) is 82.3 cm³/mol. The van der Waals surface area contributed by atoms with E-state index in [0.717, 1.165) is 16.9 Å². The highest BCUT2D eigenvalue weighted by atomic mass is 32.1. The number of unbranched alkanes of at least 4 members (excludes halogenated alkanes) is 5. The van der Waals surface area contributed by atoms with Crippen molar-refractivity contribution in [2.75, 3.05) is 13.2 Å². The Morgan fingerprint density at radius 2 is 1.84 bits per heavy atom. The maximum atomic E-state index is 11.9. The van der Waals surface area contributed by atoms with E-state index in [-0.39, 0.29) is 12.4 Å². The van der Waals surface area contributed by atoms with Crippen molar-refractivity contribution in [3.05, 3.63) is 21.4 Å². The lowest BCUT2D eigenvalue weighted by Gasteiger charge is -2.03. The monoisotopic (exact) mass is 282 g/mol. The van der Waals surface area contributed by atoms with Crippen LogP contribution in [-0.2, 0) is 4.74 Å². The summed E-state index contributed by atoms with van der Waals surface area (Å²) in [6.45, 7) is 7.19. The van der Waals surface area contributed by atoms with E-state index in [2.05, 4.69) is 6.92 Å². The Kier molecular flexibility index (Phi) is 7.99. The predicted octanol–water partition coefficient (Wildman–Crippen LogP) is 4.92. The Balaban J connectivity index is 2.09. The van der Waals surface area contributed by atoms with Gasteiger partial charge in [0, 0.05) is 21.9 Å². The molecule has 0 atom stereocenters. The number of aryl methyl sites for hydroxylation is 2. The Morgan fingerprint density at radius 3 is 2.47 bits per heavy atom. The van der Waals surface area contributed by atoms with Gasteiger partial charge in [0.1, 0.15) is 6.61 Å². The molecule has 0 fully saturated rings. The van der Waals surface area contributed by atoms with Crippen molar-refractivity contribution in [1.82, 2.24) is 0 Å². The van der Waals surface area contributed by atoms with Crippen LogP contribution < -0.4 is 0 Å². The van der Waals surface area contributed by atoms with Crippen molar-refractivity contribution < 1.29 is 9.53 Å². The fraction of sp³-hybridized carbons (Fsp3) is 0.688. The minimum atomic E-state index is 0.118. The molecule has 0 aromatic carbocycles. The molecule has 3 heteroatoms. The Morgan fingerprint density at radius 1 is 1.16 bits per heavy atom. The van der Waals surface area contributed by atoms with Crippen molar-refractivity contribution in [3.8, 4) is 0 Å². The van der Waals surface area contributed by atoms with E-state index in [9.17, 15) is 4.79 Å². The van der Waals surface area contributed by atoms with Gasteiger partial charge in [-0.1, -0.05) is 39.0 Å². The molecule has 0 saturated carbocycles. The third kappa shape index (κ3) is 6.35. The number of rotatable bonds is 10. The molecule has 1 aromatic heterocycles. The maximum absolute atomic E-state index is 11.9. The van der Waals surface area contributed by atoms with Gasteiger partial charge in [0.15, 0.2) is 5.78 Å². The van der Waals surface area contributed by atoms with Crippen LogP contribution in [0.4, 0.5) is 0 Å². The summed E-state index contributed by atoms with van der Waals surface area (Å²) >= 11 is 1.68. The number of ether oxygens (including phenoxy) is 1. The van der Waals surface area contributed by atoms with Gasteiger partial charge in [0.25, 0.3) is 0 Å². The fourth-order valence-electron chi connectivity index (χ4n) is 2.13. The summed E-state index contributed by atoms with van der Waals surface area (Å²) in [5.41, 5.74) is 0.838. The normalized spacial score (nSPS) is 10.9. The fourth-order valence-corrected chi connectivity index (χ4v) is 3.08. The molecule has 1 aromatic rings. The maximum Gasteiger partial charge on any atom is 0.189 e. The highest BCUT2D eigenvalue weighted by Gasteiger charge is 2.11. The van der Waals surface area contributed by atoms with Crippen LogP contribution in [0.5, 0.6) is 0 Å². The first kappa shape index (κ1) is 16.4. The van der Waals surface area contributed by atoms with Crippen molar-refractivity contribution >= 4 is 17.1 Å². The van der Waals surface area contributed by atoms with Gasteiger partial charge in [-0.15, -0.1) is 11.3 Å². The summed E-state index contributed by atoms with van der Waals surface area (Å²) in [7, 11) is 0. The average molecular weight is 282 g/mol. The summed E-state index contributed by atoms with van der Waals surface area (Å²) < 4.78 is 5.48. The van der Waals surface area contributed by atoms with Crippen molar-refractivity contribution in [2.45, 2.75) is 59.3 Å². The smallest absolute Gasteiger partial charge is 0.189 e. The molecular weight excluding hydrogens is 256 g/mol. The lowest BCUT2D eigenvalue weighted by atomic mass is 10.1. The van der Waals surface area contributed by atoms with Gasteiger partial charge in [-0.2, -0.15) is 0 Å². The van der Waals surface area contributed by atoms with Gasteiger partial charge in [0.05, 0.1) is 0 Å². The zero-order chi connectivity index (χ0) is 14.1. The van der Waals surface area contributed by atoms with Crippen molar-refractivity contribution in [3.63, 3.8) is 0 Å². The lowest BCUT2D eigenvalue weighted by molar-refractivity contribution is 0.0752. The van der Waals surface area contributed by atoms with Crippen LogP contribution in [0.2, 0.25) is 0 Å². The molecule has 0 bridgehead atoms. The molecule has 0 amide bonds. The van der Waals surface area contributed by atoms with Gasteiger partial charge < -0.3 is 4.74 Å². The summed E-state index contributed by atoms with van der Waals surface area (Å²) in [6, 6.07) is 1.97. The van der Waals surface area contributed by atoms with E-state index in [4.69, 9.17) is 4.74 Å². The first-order valence-corrected chi connectivity index (χ1v) is 8.14. The molecular formula is C16H26O2S. The minimum Gasteiger partial charge on any atom is -0.373 e. The molecule has 0 saturated heterocycles. The highest BCUT2D eigenvalue weighted by molar-refractivity contribution is 7.12. The molecule has 1 heterocycles. The molecule has 2 nitrogen and oxygen atoms in total. The van der Waals surface area contributed by atoms with Crippen molar-refractivity contribution in [2.24, 2.45) is 0 Å². The Labute approximate surface area is 121 Å². The molecule has 0 spiro atoms. The molecule has 0 radical (unpaired) electrons. The molecule has 108 valence electrons. The largest absolute Gasteiger partial charge is 0.373 e. The molecule has 19 heavy (non-hydrogen) atoms. The third-order valence-electron chi connectivity index (χ3n) is 3.22. The summed E-state index contributed by atoms with van der Waals surface area (Å²) in [4.78, 5) is 14.2. The Hall–Kier alpha value is -0.670. The zero-order valence-corrected chi connectivity index (χ0v) is 13.3. The second kappa shape index (κ2) is 9.27. The molecule has 0 aliphatic heterocycles. The van der Waals surface area contributed by atoms with Gasteiger partial charge in [-0.25, -0.2) is 0 Å². The summed E-state index contributed by atoms with van der Waals surface area (Å²) in [5.74, 6) is 0.118. The average Bonchev–Trinajstić information content (AvgIpc) is 2.71. The van der Waals surface area contributed by atoms with E-state index >= 15 is 0 Å². The second-order valence-electron chi connectivity index (χ2n) is 5.07. The molecule has 0 aliphatic rings. The summed E-state index contributed by atoms with van der Waals surface area (Å²) in [6.07, 6.45) is 7.50. The molecule has 0 unspecified atom stereocenters. The van der Waals surface area contributed by atoms with Crippen molar-refractivity contribution in [1.29, 1.82) is 0 Å². The minimum absolute atomic E-state index is 0.118. The number of hydrogen-bond donors (Lipinski definition) is 0. The zero-order valence-electron chi connectivity index (χ0n) is 12.5. The van der Waals surface area contributed by atoms with Crippen LogP contribution in [0.3, 0.4) is 0 Å². The van der Waals surface area contributed by atoms with Crippen LogP contribution >= 0.6 is 11.3 Å². The molecule has 1 rings (SSSR count). The highest BCUT2D eigenvalue weighted by Crippen LogP contribution is 2.21. The van der Waals surface area contributed by atoms with E-state index in [1.807, 2.05) is 19.9 Å². The quantitative estimate of drug-likeness (QED) is 0.449. The summed E-state index contributed by atoms with van der Waals surface area (Å²) in [5, 5.41) is 0. The van der Waals surface area contributed by atoms with E-state index in [0.29, 0.717) is 6.61 Å². The third-order valence-corrected chi connectivity index (χ3v) is 4.18. The number of ketones is 1. The van der Waals surface area contributed by atoms with Gasteiger partial charge >= 0.3 is 0 Å². The first-order valence-electron chi connectivity index (χ1n) is 7.33. The topological polar surface area (TPSA) is 26.3 Å². The number of hydrogen-bond acceptors (Lipinski definition) is 3. The van der Waals surface area contributed by atoms with Gasteiger partial charge in [0.2, 0.25) is 0 Å². The second-order valence-corrected chi connectivity index (χ2v) is 6.53. The van der Waals surface area contributed by atoms with E-state index in [1.165, 1.54) is 37.0 Å². The Bertz CT molecular complexity index is 382. The van der Waals surface area contributed by atoms with Gasteiger partial charge in [-0.3, -0.25) is 4.79 Å². The van der Waals surface area contributed by atoms with Crippen LogP contribution in [0.15, 0.2) is 6.07 Å². The first-order chi connectivity index (χ1) is 9.15.